The Balaban J connectivity index is 2.54. The van der Waals surface area contributed by atoms with Crippen LogP contribution in [0, 0.1) is 0 Å². The van der Waals surface area contributed by atoms with Crippen molar-refractivity contribution < 1.29 is 0 Å². The Hall–Kier alpha value is 0.415. The van der Waals surface area contributed by atoms with E-state index >= 15 is 0 Å². The second-order valence-corrected chi connectivity index (χ2v) is 1.64. The smallest absolute Gasteiger partial charge is 0.0842 e. The lowest BCUT2D eigenvalue weighted by atomic mass is 10.0. The van der Waals surface area contributed by atoms with E-state index in [0.29, 0.717) is 0 Å². The van der Waals surface area contributed by atoms with Crippen molar-refractivity contribution in [2.45, 2.75) is 18.5 Å². The van der Waals surface area contributed by atoms with E-state index in [9.17, 15) is 0 Å². The van der Waals surface area contributed by atoms with Gasteiger partial charge in [0.25, 0.3) is 0 Å². The van der Waals surface area contributed by atoms with Crippen LogP contribution in [0.15, 0.2) is 0 Å². The Bertz CT molecular complexity index is 20.9. The Labute approximate surface area is 39.8 Å². The first kappa shape index (κ1) is 5.41. The zero-order valence-corrected chi connectivity index (χ0v) is 4.20. The molecule has 0 N–H and O–H groups in total. The molecule has 0 fully saturated rings. The third-order valence-electron chi connectivity index (χ3n) is 0.418. The summed E-state index contributed by atoms with van der Waals surface area (Å²) in [5.41, 5.74) is 0. The van der Waals surface area contributed by atoms with Crippen LogP contribution in [-0.4, -0.2) is 13.0 Å². The topological polar surface area (TPSA) is 0 Å². The molecule has 0 spiro atoms. The zero-order chi connectivity index (χ0) is 4.28. The summed E-state index contributed by atoms with van der Waals surface area (Å²) in [6, 6.07) is 0. The quantitative estimate of drug-likeness (QED) is 0.354. The highest BCUT2D eigenvalue weighted by Gasteiger charge is 1.81. The maximum Gasteiger partial charge on any atom is 0.0842 e. The van der Waals surface area contributed by atoms with E-state index in [1.807, 2.05) is 6.92 Å². The molecule has 1 atom stereocenters. The summed E-state index contributed by atoms with van der Waals surface area (Å²) < 4.78 is 0. The van der Waals surface area contributed by atoms with Crippen LogP contribution in [0.3, 0.4) is 0 Å². The molecule has 0 saturated heterocycles. The summed E-state index contributed by atoms with van der Waals surface area (Å²) in [5.74, 6) is 0. The lowest BCUT2D eigenvalue weighted by Crippen LogP contribution is -1.90. The third kappa shape index (κ3) is 4.41. The van der Waals surface area contributed by atoms with Gasteiger partial charge in [-0.05, 0) is 5.15 Å². The monoisotopic (exact) mass is 86.0 g/mol. The molecule has 5 heavy (non-hydrogen) atoms. The van der Waals surface area contributed by atoms with Crippen LogP contribution in [0.4, 0.5) is 0 Å². The first-order chi connectivity index (χ1) is 2.27. The van der Waals surface area contributed by atoms with E-state index in [1.165, 1.54) is 0 Å². The maximum absolute atomic E-state index is 5.16. The molecule has 0 aliphatic heterocycles. The van der Waals surface area contributed by atoms with E-state index < -0.39 is 0 Å². The first-order valence-electron chi connectivity index (χ1n) is 1.71. The first-order valence-corrected chi connectivity index (χ1v) is 2.22. The highest BCUT2D eigenvalue weighted by atomic mass is 32.1. The van der Waals surface area contributed by atoms with Crippen molar-refractivity contribution in [2.75, 3.05) is 0 Å². The molecule has 2 radical (unpaired) electrons. The van der Waals surface area contributed by atoms with E-state index in [4.69, 9.17) is 7.85 Å². The van der Waals surface area contributed by atoms with Crippen molar-refractivity contribution >= 4 is 20.5 Å². The largest absolute Gasteiger partial charge is 0.186 e. The molecule has 0 heterocycles. The Morgan fingerprint density at radius 1 is 2.00 bits per heavy atom. The molecule has 0 aromatic carbocycles. The van der Waals surface area contributed by atoms with Gasteiger partial charge in [0, 0.05) is 0 Å². The van der Waals surface area contributed by atoms with Gasteiger partial charge in [0.05, 0.1) is 7.85 Å². The molecule has 0 amide bonds. The van der Waals surface area contributed by atoms with Crippen molar-refractivity contribution in [3.63, 3.8) is 0 Å². The molecule has 0 aromatic heterocycles. The Morgan fingerprint density at radius 2 is 2.20 bits per heavy atom. The second-order valence-electron chi connectivity index (χ2n) is 0.976. The molecule has 0 aliphatic rings. The molecular formula is C3H7BS. The van der Waals surface area contributed by atoms with Gasteiger partial charge < -0.3 is 0 Å². The minimum atomic E-state index is 0.0787. The van der Waals surface area contributed by atoms with Crippen LogP contribution in [0.1, 0.15) is 13.3 Å². The van der Waals surface area contributed by atoms with Gasteiger partial charge >= 0.3 is 0 Å². The van der Waals surface area contributed by atoms with Gasteiger partial charge in [-0.1, -0.05) is 13.3 Å². The van der Waals surface area contributed by atoms with E-state index in [2.05, 4.69) is 12.6 Å². The lowest BCUT2D eigenvalue weighted by Gasteiger charge is -1.90. The predicted octanol–water partition coefficient (Wildman–Crippen LogP) is 0.821. The number of thiol groups is 1. The van der Waals surface area contributed by atoms with Crippen LogP contribution in [0.5, 0.6) is 0 Å². The molecular weight excluding hydrogens is 78.9 g/mol. The fourth-order valence-electron chi connectivity index (χ4n) is 0. The highest BCUT2D eigenvalue weighted by Crippen LogP contribution is 1.89. The van der Waals surface area contributed by atoms with E-state index in [0.717, 1.165) is 6.42 Å². The van der Waals surface area contributed by atoms with Gasteiger partial charge in [0.15, 0.2) is 0 Å². The van der Waals surface area contributed by atoms with Gasteiger partial charge in [-0.25, -0.2) is 0 Å². The van der Waals surface area contributed by atoms with Gasteiger partial charge in [-0.2, -0.15) is 12.6 Å². The van der Waals surface area contributed by atoms with Crippen LogP contribution in [0.2, 0.25) is 0 Å². The Kier molecular flexibility index (Phi) is 2.86. The van der Waals surface area contributed by atoms with E-state index in [-0.39, 0.29) is 5.15 Å². The second kappa shape index (κ2) is 2.64. The molecule has 0 rings (SSSR count). The highest BCUT2D eigenvalue weighted by molar-refractivity contribution is 7.82. The summed E-state index contributed by atoms with van der Waals surface area (Å²) in [6.45, 7) is 2.00. The third-order valence-corrected chi connectivity index (χ3v) is 0.783. The molecule has 2 heteroatoms. The molecule has 0 aromatic rings. The summed E-state index contributed by atoms with van der Waals surface area (Å²) in [7, 11) is 5.16. The van der Waals surface area contributed by atoms with Crippen molar-refractivity contribution in [2.24, 2.45) is 0 Å². The number of hydrogen-bond acceptors (Lipinski definition) is 1. The van der Waals surface area contributed by atoms with Crippen molar-refractivity contribution in [1.29, 1.82) is 0 Å². The minimum Gasteiger partial charge on any atom is -0.186 e. The average Bonchev–Trinajstić information content (AvgIpc) is 1.38. The van der Waals surface area contributed by atoms with Crippen LogP contribution in [-0.2, 0) is 0 Å². The molecule has 1 unspecified atom stereocenters. The lowest BCUT2D eigenvalue weighted by molar-refractivity contribution is 1.05. The molecule has 28 valence electrons. The van der Waals surface area contributed by atoms with Crippen molar-refractivity contribution in [3.05, 3.63) is 0 Å². The van der Waals surface area contributed by atoms with Gasteiger partial charge in [-0.3, -0.25) is 0 Å². The molecule has 0 bridgehead atoms. The summed E-state index contributed by atoms with van der Waals surface area (Å²) in [5, 5.41) is 0.0787. The zero-order valence-electron chi connectivity index (χ0n) is 3.31. The van der Waals surface area contributed by atoms with Crippen molar-refractivity contribution in [3.8, 4) is 0 Å². The normalized spacial score (nSPS) is 14.8. The summed E-state index contributed by atoms with van der Waals surface area (Å²) >= 11 is 3.88. The van der Waals surface area contributed by atoms with E-state index in [1.54, 1.807) is 0 Å². The summed E-state index contributed by atoms with van der Waals surface area (Å²) in [4.78, 5) is 0. The average molecular weight is 86.0 g/mol. The predicted molar refractivity (Wildman–Crippen MR) is 28.8 cm³/mol. The van der Waals surface area contributed by atoms with Crippen LogP contribution >= 0.6 is 12.6 Å². The SMILES string of the molecule is [B]C(S)CC. The van der Waals surface area contributed by atoms with Crippen LogP contribution in [0.25, 0.3) is 0 Å². The summed E-state index contributed by atoms with van der Waals surface area (Å²) in [6.07, 6.45) is 0.948. The minimum absolute atomic E-state index is 0.0787. The van der Waals surface area contributed by atoms with Gasteiger partial charge in [0.1, 0.15) is 0 Å². The van der Waals surface area contributed by atoms with Gasteiger partial charge in [0.2, 0.25) is 0 Å². The maximum atomic E-state index is 5.16. The Morgan fingerprint density at radius 3 is 2.20 bits per heavy atom. The fourth-order valence-corrected chi connectivity index (χ4v) is 0. The molecule has 0 nitrogen and oxygen atoms in total. The number of hydrogen-bond donors (Lipinski definition) is 1. The molecule has 0 saturated carbocycles. The van der Waals surface area contributed by atoms with Crippen molar-refractivity contribution in [1.82, 2.24) is 0 Å². The molecule has 0 aliphatic carbocycles. The van der Waals surface area contributed by atoms with Crippen LogP contribution < -0.4 is 0 Å². The standard InChI is InChI=1S/C3H7BS/c1-2-3(4)5/h3,5H,2H2,1H3. The number of rotatable bonds is 1. The fraction of sp³-hybridized carbons (Fsp3) is 1.00. The van der Waals surface area contributed by atoms with Gasteiger partial charge in [-0.15, -0.1) is 0 Å².